The molecule has 0 spiro atoms. The number of nitrogens with one attached hydrogen (secondary N) is 1. The Hall–Kier alpha value is -1.92. The van der Waals surface area contributed by atoms with E-state index in [-0.39, 0.29) is 18.5 Å². The predicted molar refractivity (Wildman–Crippen MR) is 333 cm³/mol. The molecule has 0 aromatic carbocycles. The predicted octanol–water partition coefficient (Wildman–Crippen LogP) is 21.9. The highest BCUT2D eigenvalue weighted by Crippen LogP contribution is 2.18. The van der Waals surface area contributed by atoms with E-state index in [4.69, 9.17) is 4.74 Å². The third kappa shape index (κ3) is 61.3. The highest BCUT2D eigenvalue weighted by Gasteiger charge is 2.20. The number of esters is 1. The van der Waals surface area contributed by atoms with Crippen molar-refractivity contribution in [3.63, 3.8) is 0 Å². The normalized spacial score (nSPS) is 12.7. The van der Waals surface area contributed by atoms with Gasteiger partial charge in [0, 0.05) is 12.8 Å². The van der Waals surface area contributed by atoms with E-state index in [1.807, 2.05) is 0 Å². The average Bonchev–Trinajstić information content (AvgIpc) is 3.42. The molecule has 0 aromatic rings. The van der Waals surface area contributed by atoms with Gasteiger partial charge in [0.1, 0.15) is 0 Å². The maximum Gasteiger partial charge on any atom is 0.305 e. The first-order valence-corrected chi connectivity index (χ1v) is 34.2. The van der Waals surface area contributed by atoms with Gasteiger partial charge in [-0.25, -0.2) is 0 Å². The number of allylic oxidation sites excluding steroid dienone is 6. The molecule has 448 valence electrons. The largest absolute Gasteiger partial charge is 0.466 e. The number of aliphatic hydroxyl groups excluding tert-OH is 2. The maximum absolute atomic E-state index is 12.5. The molecule has 0 aliphatic rings. The number of carbonyl (C=O) groups excluding carboxylic acids is 2. The van der Waals surface area contributed by atoms with Crippen LogP contribution in [0, 0.1) is 0 Å². The summed E-state index contributed by atoms with van der Waals surface area (Å²) in [6.45, 7) is 4.95. The molecule has 6 nitrogen and oxygen atoms in total. The molecular weight excluding hydrogens is 935 g/mol. The topological polar surface area (TPSA) is 95.9 Å². The highest BCUT2D eigenvalue weighted by atomic mass is 16.5. The molecule has 76 heavy (non-hydrogen) atoms. The average molecular weight is 1070 g/mol. The number of rotatable bonds is 64. The SMILES string of the molecule is CCCCCC/C=C\C/C=C\CCCCCCCC(=O)OCCCCCCCCCCCCCC/C=C\CCCCCCCCCCCCCCCCCC(=O)NC(CO)C(O)CCCCCCCCCCCCCC. The Labute approximate surface area is 474 Å². The van der Waals surface area contributed by atoms with Gasteiger partial charge < -0.3 is 20.3 Å². The molecule has 1 amide bonds. The molecule has 2 atom stereocenters. The van der Waals surface area contributed by atoms with E-state index in [9.17, 15) is 19.8 Å². The van der Waals surface area contributed by atoms with Crippen LogP contribution in [-0.4, -0.2) is 47.4 Å². The molecule has 0 heterocycles. The van der Waals surface area contributed by atoms with E-state index in [0.717, 1.165) is 51.4 Å². The fraction of sp³-hybridized carbons (Fsp3) is 0.886. The van der Waals surface area contributed by atoms with Gasteiger partial charge in [0.25, 0.3) is 0 Å². The Morgan fingerprint density at radius 3 is 1.03 bits per heavy atom. The van der Waals surface area contributed by atoms with Crippen molar-refractivity contribution in [3.05, 3.63) is 36.5 Å². The van der Waals surface area contributed by atoms with Crippen LogP contribution < -0.4 is 5.32 Å². The Balaban J connectivity index is 3.35. The Bertz CT molecular complexity index is 1230. The minimum atomic E-state index is -0.662. The quantitative estimate of drug-likeness (QED) is 0.0320. The van der Waals surface area contributed by atoms with Crippen molar-refractivity contribution in [1.29, 1.82) is 0 Å². The van der Waals surface area contributed by atoms with Crippen LogP contribution in [0.3, 0.4) is 0 Å². The van der Waals surface area contributed by atoms with Crippen LogP contribution in [0.5, 0.6) is 0 Å². The van der Waals surface area contributed by atoms with Gasteiger partial charge in [-0.15, -0.1) is 0 Å². The lowest BCUT2D eigenvalue weighted by Crippen LogP contribution is -2.45. The molecule has 0 radical (unpaired) electrons. The van der Waals surface area contributed by atoms with E-state index in [0.29, 0.717) is 25.9 Å². The molecule has 0 aliphatic carbocycles. The summed E-state index contributed by atoms with van der Waals surface area (Å²) in [6, 6.07) is -0.539. The second kappa shape index (κ2) is 65.6. The Kier molecular flexibility index (Phi) is 63.9. The number of hydrogen-bond donors (Lipinski definition) is 3. The summed E-state index contributed by atoms with van der Waals surface area (Å²) in [5.74, 6) is -0.0276. The molecular formula is C70H133NO5. The van der Waals surface area contributed by atoms with Crippen molar-refractivity contribution >= 4 is 11.9 Å². The summed E-state index contributed by atoms with van der Waals surface area (Å²) in [5.41, 5.74) is 0. The van der Waals surface area contributed by atoms with Gasteiger partial charge in [-0.3, -0.25) is 9.59 Å². The van der Waals surface area contributed by atoms with Crippen molar-refractivity contribution in [2.75, 3.05) is 13.2 Å². The van der Waals surface area contributed by atoms with Crippen LogP contribution in [0.4, 0.5) is 0 Å². The molecule has 0 aromatic heterocycles. The highest BCUT2D eigenvalue weighted by molar-refractivity contribution is 5.76. The number of unbranched alkanes of at least 4 members (excludes halogenated alkanes) is 47. The second-order valence-corrected chi connectivity index (χ2v) is 23.5. The zero-order chi connectivity index (χ0) is 55.0. The molecule has 3 N–H and O–H groups in total. The molecule has 0 saturated heterocycles. The van der Waals surface area contributed by atoms with E-state index in [1.54, 1.807) is 0 Å². The first-order chi connectivity index (χ1) is 37.5. The van der Waals surface area contributed by atoms with E-state index in [2.05, 4.69) is 55.6 Å². The summed E-state index contributed by atoms with van der Waals surface area (Å²) < 4.78 is 5.49. The van der Waals surface area contributed by atoms with Crippen molar-refractivity contribution in [3.8, 4) is 0 Å². The van der Waals surface area contributed by atoms with Gasteiger partial charge >= 0.3 is 5.97 Å². The van der Waals surface area contributed by atoms with Gasteiger partial charge in [-0.2, -0.15) is 0 Å². The van der Waals surface area contributed by atoms with E-state index in [1.165, 1.54) is 289 Å². The molecule has 0 rings (SSSR count). The van der Waals surface area contributed by atoms with Gasteiger partial charge in [-0.1, -0.05) is 314 Å². The first kappa shape index (κ1) is 74.1. The fourth-order valence-corrected chi connectivity index (χ4v) is 10.7. The lowest BCUT2D eigenvalue weighted by Gasteiger charge is -2.22. The molecule has 0 bridgehead atoms. The number of carbonyl (C=O) groups is 2. The third-order valence-corrected chi connectivity index (χ3v) is 15.9. The van der Waals surface area contributed by atoms with Crippen molar-refractivity contribution in [2.45, 2.75) is 386 Å². The minimum absolute atomic E-state index is 0.00437. The molecule has 2 unspecified atom stereocenters. The third-order valence-electron chi connectivity index (χ3n) is 15.9. The van der Waals surface area contributed by atoms with Gasteiger partial charge in [0.05, 0.1) is 25.4 Å². The number of hydrogen-bond acceptors (Lipinski definition) is 5. The van der Waals surface area contributed by atoms with Crippen molar-refractivity contribution in [1.82, 2.24) is 5.32 Å². The van der Waals surface area contributed by atoms with Crippen LogP contribution in [0.1, 0.15) is 373 Å². The van der Waals surface area contributed by atoms with Gasteiger partial charge in [-0.05, 0) is 83.5 Å². The summed E-state index contributed by atoms with van der Waals surface area (Å²) >= 11 is 0. The number of aliphatic hydroxyl groups is 2. The van der Waals surface area contributed by atoms with Gasteiger partial charge in [0.2, 0.25) is 5.91 Å². The minimum Gasteiger partial charge on any atom is -0.466 e. The zero-order valence-corrected chi connectivity index (χ0v) is 51.3. The Morgan fingerprint density at radius 1 is 0.368 bits per heavy atom. The lowest BCUT2D eigenvalue weighted by atomic mass is 10.0. The monoisotopic (exact) mass is 1070 g/mol. The molecule has 0 fully saturated rings. The number of ether oxygens (including phenoxy) is 1. The zero-order valence-electron chi connectivity index (χ0n) is 51.3. The summed E-state index contributed by atoms with van der Waals surface area (Å²) in [4.78, 5) is 24.5. The molecule has 0 saturated carbocycles. The summed E-state index contributed by atoms with van der Waals surface area (Å²) in [7, 11) is 0. The van der Waals surface area contributed by atoms with Gasteiger partial charge in [0.15, 0.2) is 0 Å². The van der Waals surface area contributed by atoms with Crippen LogP contribution in [0.2, 0.25) is 0 Å². The number of amides is 1. The van der Waals surface area contributed by atoms with E-state index >= 15 is 0 Å². The van der Waals surface area contributed by atoms with Crippen LogP contribution in [0.15, 0.2) is 36.5 Å². The van der Waals surface area contributed by atoms with E-state index < -0.39 is 12.1 Å². The molecule has 6 heteroatoms. The van der Waals surface area contributed by atoms with Crippen LogP contribution >= 0.6 is 0 Å². The maximum atomic E-state index is 12.5. The standard InChI is InChI=1S/C70H133NO5/c1-3-5-7-9-11-13-15-17-18-37-40-44-48-52-56-60-64-70(75)76-65-61-57-53-49-45-41-38-35-33-31-29-27-25-23-21-19-20-22-24-26-28-30-32-34-36-39-43-47-51-55-59-63-69(74)71-67(66-72)68(73)62-58-54-50-46-42-16-14-12-10-8-6-4-2/h13,15,18,21,23,37,67-68,72-73H,3-12,14,16-17,19-20,22,24-36,38-66H2,1-2H3,(H,71,74)/b15-13-,23-21-,37-18-. The smallest absolute Gasteiger partial charge is 0.305 e. The summed E-state index contributed by atoms with van der Waals surface area (Å²) in [5, 5.41) is 23.2. The van der Waals surface area contributed by atoms with Crippen molar-refractivity contribution in [2.24, 2.45) is 0 Å². The fourth-order valence-electron chi connectivity index (χ4n) is 10.7. The first-order valence-electron chi connectivity index (χ1n) is 34.2. The second-order valence-electron chi connectivity index (χ2n) is 23.5. The Morgan fingerprint density at radius 2 is 0.658 bits per heavy atom. The lowest BCUT2D eigenvalue weighted by molar-refractivity contribution is -0.143. The van der Waals surface area contributed by atoms with Crippen LogP contribution in [0.25, 0.3) is 0 Å². The molecule has 0 aliphatic heterocycles. The summed E-state index contributed by atoms with van der Waals surface area (Å²) in [6.07, 6.45) is 83.3. The van der Waals surface area contributed by atoms with Crippen LogP contribution in [-0.2, 0) is 14.3 Å². The van der Waals surface area contributed by atoms with Crippen molar-refractivity contribution < 1.29 is 24.5 Å².